The van der Waals surface area contributed by atoms with Crippen molar-refractivity contribution < 1.29 is 0 Å². The van der Waals surface area contributed by atoms with Crippen molar-refractivity contribution in [3.8, 4) is 0 Å². The number of rotatable bonds is 2. The van der Waals surface area contributed by atoms with Gasteiger partial charge in [0.05, 0.1) is 0 Å². The lowest BCUT2D eigenvalue weighted by molar-refractivity contribution is 1.79. The molecule has 0 fully saturated rings. The second-order valence-electron chi connectivity index (χ2n) is 1.06. The summed E-state index contributed by atoms with van der Waals surface area (Å²) < 4.78 is 0. The molecule has 0 N–H and O–H groups in total. The SMILES string of the molecule is CP(Br)/C=C/CCl. The van der Waals surface area contributed by atoms with E-state index in [1.165, 1.54) is 0 Å². The van der Waals surface area contributed by atoms with Crippen molar-refractivity contribution in [2.75, 3.05) is 12.5 Å². The predicted molar refractivity (Wildman–Crippen MR) is 41.6 cm³/mol. The Hall–Kier alpha value is 0.940. The molecule has 0 spiro atoms. The van der Waals surface area contributed by atoms with Crippen molar-refractivity contribution in [1.82, 2.24) is 0 Å². The highest BCUT2D eigenvalue weighted by Crippen LogP contribution is 2.40. The van der Waals surface area contributed by atoms with E-state index < -0.39 is 0 Å². The zero-order valence-corrected chi connectivity index (χ0v) is 7.30. The Morgan fingerprint density at radius 1 is 1.86 bits per heavy atom. The second kappa shape index (κ2) is 5.08. The highest BCUT2D eigenvalue weighted by atomic mass is 79.9. The van der Waals surface area contributed by atoms with Crippen LogP contribution in [0.4, 0.5) is 0 Å². The van der Waals surface area contributed by atoms with Gasteiger partial charge in [-0.05, 0) is 13.3 Å². The molecule has 3 heteroatoms. The van der Waals surface area contributed by atoms with Crippen LogP contribution in [0.25, 0.3) is 0 Å². The lowest BCUT2D eigenvalue weighted by Crippen LogP contribution is -1.54. The number of halogens is 2. The van der Waals surface area contributed by atoms with Crippen LogP contribution in [-0.2, 0) is 0 Å². The molecule has 42 valence electrons. The molecule has 0 radical (unpaired) electrons. The minimum Gasteiger partial charge on any atom is -0.122 e. The van der Waals surface area contributed by atoms with Gasteiger partial charge in [0.25, 0.3) is 0 Å². The van der Waals surface area contributed by atoms with E-state index in [1.54, 1.807) is 0 Å². The first-order valence-corrected chi connectivity index (χ1v) is 6.29. The first kappa shape index (κ1) is 7.94. The maximum absolute atomic E-state index is 5.35. The largest absolute Gasteiger partial charge is 0.122 e. The lowest BCUT2D eigenvalue weighted by Gasteiger charge is -1.86. The molecule has 1 unspecified atom stereocenters. The third-order valence-electron chi connectivity index (χ3n) is 0.400. The van der Waals surface area contributed by atoms with Crippen LogP contribution < -0.4 is 0 Å². The smallest absolute Gasteiger partial charge is 0.0407 e. The van der Waals surface area contributed by atoms with Crippen molar-refractivity contribution in [3.63, 3.8) is 0 Å². The Bertz CT molecular complexity index is 62.7. The summed E-state index contributed by atoms with van der Waals surface area (Å²) >= 11 is 8.74. The highest BCUT2D eigenvalue weighted by molar-refractivity contribution is 9.39. The molecule has 0 saturated carbocycles. The molecule has 0 heterocycles. The van der Waals surface area contributed by atoms with Crippen LogP contribution in [-0.4, -0.2) is 12.5 Å². The first-order valence-electron chi connectivity index (χ1n) is 1.88. The molecule has 0 bridgehead atoms. The van der Waals surface area contributed by atoms with E-state index in [9.17, 15) is 0 Å². The second-order valence-corrected chi connectivity index (χ2v) is 6.08. The van der Waals surface area contributed by atoms with Crippen LogP contribution in [0.1, 0.15) is 0 Å². The molecule has 0 aliphatic rings. The lowest BCUT2D eigenvalue weighted by atomic mass is 10.8. The first-order chi connectivity index (χ1) is 3.27. The molecule has 0 aliphatic heterocycles. The fraction of sp³-hybridized carbons (Fsp3) is 0.500. The predicted octanol–water partition coefficient (Wildman–Crippen LogP) is 3.16. The molecular formula is C4H7BrClP. The van der Waals surface area contributed by atoms with Crippen molar-refractivity contribution in [3.05, 3.63) is 11.9 Å². The van der Waals surface area contributed by atoms with E-state index in [2.05, 4.69) is 28.0 Å². The molecule has 0 nitrogen and oxygen atoms in total. The zero-order valence-electron chi connectivity index (χ0n) is 4.06. The molecule has 0 aromatic rings. The average Bonchev–Trinajstić information content (AvgIpc) is 1.61. The van der Waals surface area contributed by atoms with Crippen LogP contribution in [0.2, 0.25) is 0 Å². The monoisotopic (exact) mass is 200 g/mol. The fourth-order valence-corrected chi connectivity index (χ4v) is 1.30. The van der Waals surface area contributed by atoms with Gasteiger partial charge in [0.2, 0.25) is 0 Å². The van der Waals surface area contributed by atoms with E-state index in [4.69, 9.17) is 11.6 Å². The maximum Gasteiger partial charge on any atom is 0.0407 e. The summed E-state index contributed by atoms with van der Waals surface area (Å²) in [7, 11) is 0. The van der Waals surface area contributed by atoms with Gasteiger partial charge in [-0.1, -0.05) is 27.4 Å². The Balaban J connectivity index is 3.08. The maximum atomic E-state index is 5.35. The summed E-state index contributed by atoms with van der Waals surface area (Å²) in [6.45, 7) is 2.05. The average molecular weight is 201 g/mol. The molecule has 1 atom stereocenters. The zero-order chi connectivity index (χ0) is 5.70. The summed E-state index contributed by atoms with van der Waals surface area (Å²) in [5.74, 6) is 2.70. The Labute approximate surface area is 58.4 Å². The van der Waals surface area contributed by atoms with Crippen LogP contribution in [0.3, 0.4) is 0 Å². The third-order valence-corrected chi connectivity index (χ3v) is 1.91. The number of hydrogen-bond donors (Lipinski definition) is 0. The van der Waals surface area contributed by atoms with Crippen LogP contribution in [0.15, 0.2) is 11.9 Å². The number of allylic oxidation sites excluding steroid dienone is 1. The third kappa shape index (κ3) is 6.94. The minimum atomic E-state index is -0.0589. The van der Waals surface area contributed by atoms with Crippen LogP contribution >= 0.6 is 33.7 Å². The summed E-state index contributed by atoms with van der Waals surface area (Å²) in [6.07, 6.45) is 1.95. The standard InChI is InChI=1S/C4H7BrClP/c1-7(5)4-2-3-6/h2,4H,3H2,1H3/b4-2+. The normalized spacial score (nSPS) is 15.3. The summed E-state index contributed by atoms with van der Waals surface area (Å²) in [5, 5.41) is 0. The molecule has 0 aliphatic carbocycles. The molecule has 0 saturated heterocycles. The Morgan fingerprint density at radius 2 is 2.43 bits per heavy atom. The number of alkyl halides is 1. The van der Waals surface area contributed by atoms with Crippen molar-refractivity contribution in [2.45, 2.75) is 0 Å². The summed E-state index contributed by atoms with van der Waals surface area (Å²) in [6, 6.07) is 0. The van der Waals surface area contributed by atoms with Gasteiger partial charge in [0.15, 0.2) is 0 Å². The van der Waals surface area contributed by atoms with E-state index in [0.717, 1.165) is 0 Å². The topological polar surface area (TPSA) is 0 Å². The molecule has 0 amide bonds. The summed E-state index contributed by atoms with van der Waals surface area (Å²) in [5.41, 5.74) is 0. The van der Waals surface area contributed by atoms with Gasteiger partial charge >= 0.3 is 0 Å². The van der Waals surface area contributed by atoms with Crippen LogP contribution in [0, 0.1) is 0 Å². The van der Waals surface area contributed by atoms with Gasteiger partial charge in [-0.3, -0.25) is 0 Å². The van der Waals surface area contributed by atoms with Crippen molar-refractivity contribution in [1.29, 1.82) is 0 Å². The van der Waals surface area contributed by atoms with Gasteiger partial charge in [0.1, 0.15) is 0 Å². The van der Waals surface area contributed by atoms with E-state index >= 15 is 0 Å². The molecule has 7 heavy (non-hydrogen) atoms. The van der Waals surface area contributed by atoms with Crippen molar-refractivity contribution in [2.24, 2.45) is 0 Å². The van der Waals surface area contributed by atoms with Gasteiger partial charge in [-0.15, -0.1) is 11.6 Å². The van der Waals surface area contributed by atoms with Gasteiger partial charge < -0.3 is 0 Å². The van der Waals surface area contributed by atoms with E-state index in [1.807, 2.05) is 6.08 Å². The van der Waals surface area contributed by atoms with Gasteiger partial charge in [-0.2, -0.15) is 0 Å². The molecule has 0 aromatic carbocycles. The number of hydrogen-bond acceptors (Lipinski definition) is 0. The Kier molecular flexibility index (Phi) is 5.77. The summed E-state index contributed by atoms with van der Waals surface area (Å²) in [4.78, 5) is 0. The van der Waals surface area contributed by atoms with Crippen LogP contribution in [0.5, 0.6) is 0 Å². The van der Waals surface area contributed by atoms with Gasteiger partial charge in [-0.25, -0.2) is 0 Å². The molecular weight excluding hydrogens is 194 g/mol. The fourth-order valence-electron chi connectivity index (χ4n) is 0.185. The van der Waals surface area contributed by atoms with Gasteiger partial charge in [0, 0.05) is 5.88 Å². The quantitative estimate of drug-likeness (QED) is 0.475. The highest BCUT2D eigenvalue weighted by Gasteiger charge is 1.80. The van der Waals surface area contributed by atoms with E-state index in [0.29, 0.717) is 5.88 Å². The van der Waals surface area contributed by atoms with E-state index in [-0.39, 0.29) is 6.62 Å². The van der Waals surface area contributed by atoms with Crippen molar-refractivity contribution >= 4 is 33.7 Å². The Morgan fingerprint density at radius 3 is 2.57 bits per heavy atom. The minimum absolute atomic E-state index is 0.0589. The molecule has 0 aromatic heterocycles. The molecule has 0 rings (SSSR count).